The lowest BCUT2D eigenvalue weighted by Crippen LogP contribution is -2.37. The molecule has 7 nitrogen and oxygen atoms in total. The number of aromatic nitrogens is 2. The van der Waals surface area contributed by atoms with Gasteiger partial charge in [0.1, 0.15) is 5.56 Å². The standard InChI is InChI=1S/C16H19N3O4/c1-23-16(22)12-9-19(18-10-5-3-2-4-6-10)15(21)11-7-8-13(20)17-14(11)12/h7-10,18H,2-6H2,1H3,(H,17,20). The summed E-state index contributed by atoms with van der Waals surface area (Å²) in [6.07, 6.45) is 6.84. The van der Waals surface area contributed by atoms with Gasteiger partial charge in [0.05, 0.1) is 18.0 Å². The summed E-state index contributed by atoms with van der Waals surface area (Å²) in [6.45, 7) is 0. The molecule has 1 aliphatic carbocycles. The van der Waals surface area contributed by atoms with Crippen LogP contribution in [0.2, 0.25) is 0 Å². The molecule has 0 unspecified atom stereocenters. The zero-order valence-electron chi connectivity index (χ0n) is 12.9. The van der Waals surface area contributed by atoms with Crippen molar-refractivity contribution in [2.75, 3.05) is 12.5 Å². The molecule has 0 radical (unpaired) electrons. The minimum Gasteiger partial charge on any atom is -0.465 e. The first-order valence-electron chi connectivity index (χ1n) is 7.73. The monoisotopic (exact) mass is 317 g/mol. The number of ether oxygens (including phenoxy) is 1. The van der Waals surface area contributed by atoms with Gasteiger partial charge in [-0.25, -0.2) is 9.47 Å². The smallest absolute Gasteiger partial charge is 0.341 e. The fraction of sp³-hybridized carbons (Fsp3) is 0.438. The summed E-state index contributed by atoms with van der Waals surface area (Å²) in [7, 11) is 1.26. The van der Waals surface area contributed by atoms with Crippen LogP contribution in [0.1, 0.15) is 42.5 Å². The highest BCUT2D eigenvalue weighted by Crippen LogP contribution is 2.18. The Labute approximate surface area is 132 Å². The maximum absolute atomic E-state index is 12.6. The summed E-state index contributed by atoms with van der Waals surface area (Å²) in [6, 6.07) is 2.91. The molecule has 0 aromatic carbocycles. The molecule has 0 bridgehead atoms. The number of nitrogens with zero attached hydrogens (tertiary/aromatic N) is 1. The molecule has 0 amide bonds. The van der Waals surface area contributed by atoms with E-state index in [0.29, 0.717) is 0 Å². The van der Waals surface area contributed by atoms with Gasteiger partial charge >= 0.3 is 5.97 Å². The summed E-state index contributed by atoms with van der Waals surface area (Å²) < 4.78 is 6.10. The van der Waals surface area contributed by atoms with Crippen molar-refractivity contribution in [3.8, 4) is 0 Å². The van der Waals surface area contributed by atoms with E-state index in [2.05, 4.69) is 10.4 Å². The molecule has 122 valence electrons. The van der Waals surface area contributed by atoms with Crippen LogP contribution in [0.5, 0.6) is 0 Å². The molecule has 7 heteroatoms. The highest BCUT2D eigenvalue weighted by atomic mass is 16.5. The molecule has 1 saturated carbocycles. The topological polar surface area (TPSA) is 93.2 Å². The molecular formula is C16H19N3O4. The number of pyridine rings is 2. The third-order valence-corrected chi connectivity index (χ3v) is 4.23. The molecule has 0 atom stereocenters. The van der Waals surface area contributed by atoms with E-state index >= 15 is 0 Å². The second-order valence-corrected chi connectivity index (χ2v) is 5.78. The van der Waals surface area contributed by atoms with Crippen molar-refractivity contribution in [2.45, 2.75) is 38.1 Å². The summed E-state index contributed by atoms with van der Waals surface area (Å²) in [5.74, 6) is -0.601. The van der Waals surface area contributed by atoms with E-state index in [1.165, 1.54) is 36.5 Å². The molecule has 0 saturated heterocycles. The Hall–Kier alpha value is -2.57. The fourth-order valence-electron chi connectivity index (χ4n) is 3.04. The number of methoxy groups -OCH3 is 1. The van der Waals surface area contributed by atoms with Crippen LogP contribution >= 0.6 is 0 Å². The lowest BCUT2D eigenvalue weighted by Gasteiger charge is -2.25. The first-order chi connectivity index (χ1) is 11.1. The van der Waals surface area contributed by atoms with Crippen LogP contribution in [0, 0.1) is 0 Å². The molecule has 23 heavy (non-hydrogen) atoms. The maximum atomic E-state index is 12.6. The van der Waals surface area contributed by atoms with Gasteiger partial charge in [-0.3, -0.25) is 9.59 Å². The molecule has 0 aliphatic heterocycles. The number of H-pyrrole nitrogens is 1. The van der Waals surface area contributed by atoms with E-state index in [9.17, 15) is 14.4 Å². The summed E-state index contributed by atoms with van der Waals surface area (Å²) in [5.41, 5.74) is 2.87. The maximum Gasteiger partial charge on any atom is 0.341 e. The third kappa shape index (κ3) is 2.99. The Morgan fingerprint density at radius 3 is 2.70 bits per heavy atom. The van der Waals surface area contributed by atoms with Crippen molar-refractivity contribution in [3.05, 3.63) is 44.6 Å². The van der Waals surface area contributed by atoms with E-state index in [4.69, 9.17) is 4.74 Å². The Morgan fingerprint density at radius 2 is 2.00 bits per heavy atom. The van der Waals surface area contributed by atoms with Gasteiger partial charge in [-0.2, -0.15) is 0 Å². The predicted molar refractivity (Wildman–Crippen MR) is 86.4 cm³/mol. The Balaban J connectivity index is 2.13. The molecule has 2 aromatic rings. The van der Waals surface area contributed by atoms with Gasteiger partial charge in [-0.05, 0) is 18.9 Å². The number of nitrogens with one attached hydrogen (secondary N) is 2. The van der Waals surface area contributed by atoms with E-state index in [-0.39, 0.29) is 33.6 Å². The average Bonchev–Trinajstić information content (AvgIpc) is 2.57. The number of fused-ring (bicyclic) bond motifs is 1. The molecule has 1 fully saturated rings. The zero-order chi connectivity index (χ0) is 16.4. The van der Waals surface area contributed by atoms with Crippen LogP contribution in [0.3, 0.4) is 0 Å². The quantitative estimate of drug-likeness (QED) is 0.834. The average molecular weight is 317 g/mol. The van der Waals surface area contributed by atoms with Gasteiger partial charge in [0.25, 0.3) is 5.56 Å². The molecule has 2 aromatic heterocycles. The van der Waals surface area contributed by atoms with Gasteiger partial charge in [0.15, 0.2) is 0 Å². The largest absolute Gasteiger partial charge is 0.465 e. The minimum atomic E-state index is -0.601. The third-order valence-electron chi connectivity index (χ3n) is 4.23. The van der Waals surface area contributed by atoms with Crippen LogP contribution in [-0.2, 0) is 4.74 Å². The summed E-state index contributed by atoms with van der Waals surface area (Å²) in [5, 5.41) is 0.274. The van der Waals surface area contributed by atoms with Gasteiger partial charge < -0.3 is 15.1 Å². The van der Waals surface area contributed by atoms with Crippen LogP contribution in [0.4, 0.5) is 0 Å². The Morgan fingerprint density at radius 1 is 1.26 bits per heavy atom. The molecule has 2 heterocycles. The number of hydrogen-bond donors (Lipinski definition) is 2. The highest BCUT2D eigenvalue weighted by molar-refractivity contribution is 6.01. The predicted octanol–water partition coefficient (Wildman–Crippen LogP) is 1.35. The number of carbonyl (C=O) groups is 1. The highest BCUT2D eigenvalue weighted by Gasteiger charge is 2.19. The Bertz CT molecular complexity index is 847. The molecule has 3 rings (SSSR count). The summed E-state index contributed by atoms with van der Waals surface area (Å²) >= 11 is 0. The molecule has 2 N–H and O–H groups in total. The van der Waals surface area contributed by atoms with E-state index in [1.807, 2.05) is 0 Å². The van der Waals surface area contributed by atoms with Crippen molar-refractivity contribution in [1.29, 1.82) is 0 Å². The van der Waals surface area contributed by atoms with E-state index in [1.54, 1.807) is 0 Å². The van der Waals surface area contributed by atoms with Crippen molar-refractivity contribution < 1.29 is 9.53 Å². The first-order valence-corrected chi connectivity index (χ1v) is 7.73. The second-order valence-electron chi connectivity index (χ2n) is 5.78. The van der Waals surface area contributed by atoms with Crippen LogP contribution < -0.4 is 16.5 Å². The lowest BCUT2D eigenvalue weighted by molar-refractivity contribution is 0.0602. The van der Waals surface area contributed by atoms with Crippen molar-refractivity contribution in [1.82, 2.24) is 9.66 Å². The number of rotatable bonds is 3. The van der Waals surface area contributed by atoms with E-state index in [0.717, 1.165) is 25.7 Å². The van der Waals surface area contributed by atoms with Crippen molar-refractivity contribution >= 4 is 16.9 Å². The lowest BCUT2D eigenvalue weighted by atomic mass is 9.96. The molecular weight excluding hydrogens is 298 g/mol. The van der Waals surface area contributed by atoms with Gasteiger partial charge in [0, 0.05) is 18.3 Å². The van der Waals surface area contributed by atoms with Crippen LogP contribution in [0.15, 0.2) is 27.9 Å². The van der Waals surface area contributed by atoms with Crippen molar-refractivity contribution in [3.63, 3.8) is 0 Å². The van der Waals surface area contributed by atoms with Crippen LogP contribution in [-0.4, -0.2) is 28.8 Å². The van der Waals surface area contributed by atoms with Crippen LogP contribution in [0.25, 0.3) is 10.9 Å². The van der Waals surface area contributed by atoms with Crippen molar-refractivity contribution in [2.24, 2.45) is 0 Å². The molecule has 0 spiro atoms. The Kier molecular flexibility index (Phi) is 4.18. The first kappa shape index (κ1) is 15.3. The van der Waals surface area contributed by atoms with Gasteiger partial charge in [-0.1, -0.05) is 19.3 Å². The van der Waals surface area contributed by atoms with Gasteiger partial charge in [0.2, 0.25) is 5.56 Å². The zero-order valence-corrected chi connectivity index (χ0v) is 12.9. The SMILES string of the molecule is COC(=O)c1cn(NC2CCCCC2)c(=O)c2ccc(=O)[nH]c12. The van der Waals surface area contributed by atoms with E-state index < -0.39 is 5.97 Å². The number of aromatic amines is 1. The minimum absolute atomic E-state index is 0.156. The summed E-state index contributed by atoms with van der Waals surface area (Å²) in [4.78, 5) is 38.7. The normalized spacial score (nSPS) is 15.5. The number of esters is 1. The number of carbonyl (C=O) groups excluding carboxylic acids is 1. The number of hydrogen-bond acceptors (Lipinski definition) is 5. The van der Waals surface area contributed by atoms with Gasteiger partial charge in [-0.15, -0.1) is 0 Å². The fourth-order valence-corrected chi connectivity index (χ4v) is 3.04. The molecule has 1 aliphatic rings. The second kappa shape index (κ2) is 6.28.